The molecule has 1 aromatic carbocycles. The summed E-state index contributed by atoms with van der Waals surface area (Å²) in [7, 11) is -3.81. The lowest BCUT2D eigenvalue weighted by Crippen LogP contribution is -2.14. The summed E-state index contributed by atoms with van der Waals surface area (Å²) in [6, 6.07) is 13.7. The lowest BCUT2D eigenvalue weighted by Gasteiger charge is -2.15. The van der Waals surface area contributed by atoms with E-state index in [1.54, 1.807) is 43.7 Å². The number of hydrogen-bond acceptors (Lipinski definition) is 6. The van der Waals surface area contributed by atoms with Gasteiger partial charge in [0.25, 0.3) is 10.0 Å². The molecule has 3 aromatic heterocycles. The number of nitrogens with one attached hydrogen (secondary N) is 1. The minimum atomic E-state index is -3.81. The van der Waals surface area contributed by atoms with Crippen molar-refractivity contribution in [2.45, 2.75) is 18.2 Å². The highest BCUT2D eigenvalue weighted by atomic mass is 35.5. The molecule has 0 bridgehead atoms. The molecule has 0 radical (unpaired) electrons. The molecular formula is C22H18ClN5O2S. The Balaban J connectivity index is 1.69. The van der Waals surface area contributed by atoms with Crippen LogP contribution in [0.2, 0.25) is 5.15 Å². The third kappa shape index (κ3) is 4.70. The number of anilines is 1. The third-order valence-corrected chi connectivity index (χ3v) is 6.37. The van der Waals surface area contributed by atoms with Gasteiger partial charge in [0, 0.05) is 42.0 Å². The van der Waals surface area contributed by atoms with Crippen LogP contribution in [0.25, 0.3) is 11.1 Å². The Morgan fingerprint density at radius 1 is 0.968 bits per heavy atom. The Hall–Kier alpha value is -3.36. The molecule has 0 atom stereocenters. The Morgan fingerprint density at radius 3 is 2.52 bits per heavy atom. The van der Waals surface area contributed by atoms with Crippen LogP contribution in [0, 0.1) is 6.92 Å². The number of hydrogen-bond donors (Lipinski definition) is 1. The molecule has 31 heavy (non-hydrogen) atoms. The van der Waals surface area contributed by atoms with E-state index in [-0.39, 0.29) is 15.7 Å². The van der Waals surface area contributed by atoms with Gasteiger partial charge in [-0.2, -0.15) is 0 Å². The van der Waals surface area contributed by atoms with Crippen molar-refractivity contribution in [1.82, 2.24) is 19.9 Å². The molecule has 7 nitrogen and oxygen atoms in total. The van der Waals surface area contributed by atoms with E-state index in [2.05, 4.69) is 24.7 Å². The summed E-state index contributed by atoms with van der Waals surface area (Å²) in [4.78, 5) is 16.9. The van der Waals surface area contributed by atoms with Crippen LogP contribution in [0.15, 0.2) is 78.3 Å². The first-order valence-electron chi connectivity index (χ1n) is 9.37. The van der Waals surface area contributed by atoms with Crippen LogP contribution in [-0.4, -0.2) is 28.4 Å². The SMILES string of the molecule is Cc1c(-c2ccnc(Cc3ccncn3)c2)cnc(Cl)c1NS(=O)(=O)c1ccccc1. The van der Waals surface area contributed by atoms with Crippen LogP contribution in [0.5, 0.6) is 0 Å². The number of benzene rings is 1. The molecular weight excluding hydrogens is 434 g/mol. The Kier molecular flexibility index (Phi) is 5.92. The summed E-state index contributed by atoms with van der Waals surface area (Å²) in [5.74, 6) is 0. The van der Waals surface area contributed by atoms with Crippen molar-refractivity contribution in [2.24, 2.45) is 0 Å². The average Bonchev–Trinajstić information content (AvgIpc) is 2.78. The zero-order chi connectivity index (χ0) is 21.8. The van der Waals surface area contributed by atoms with E-state index in [1.807, 2.05) is 18.2 Å². The molecule has 0 aliphatic heterocycles. The number of halogens is 1. The Labute approximate surface area is 185 Å². The van der Waals surface area contributed by atoms with E-state index in [0.717, 1.165) is 22.5 Å². The summed E-state index contributed by atoms with van der Waals surface area (Å²) in [5, 5.41) is 0.0796. The number of aromatic nitrogens is 4. The van der Waals surface area contributed by atoms with Gasteiger partial charge in [0.05, 0.1) is 10.6 Å². The van der Waals surface area contributed by atoms with Gasteiger partial charge in [-0.1, -0.05) is 29.8 Å². The van der Waals surface area contributed by atoms with Gasteiger partial charge in [0.15, 0.2) is 5.15 Å². The lowest BCUT2D eigenvalue weighted by atomic mass is 10.0. The molecule has 0 aliphatic carbocycles. The maximum absolute atomic E-state index is 12.8. The van der Waals surface area contributed by atoms with Crippen LogP contribution >= 0.6 is 11.6 Å². The number of pyridine rings is 2. The second-order valence-electron chi connectivity index (χ2n) is 6.79. The lowest BCUT2D eigenvalue weighted by molar-refractivity contribution is 0.601. The normalized spacial score (nSPS) is 11.3. The van der Waals surface area contributed by atoms with Gasteiger partial charge in [-0.25, -0.2) is 23.4 Å². The summed E-state index contributed by atoms with van der Waals surface area (Å²) < 4.78 is 28.2. The number of sulfonamides is 1. The van der Waals surface area contributed by atoms with Gasteiger partial charge in [-0.3, -0.25) is 9.71 Å². The fraction of sp³-hybridized carbons (Fsp3) is 0.0909. The first-order valence-corrected chi connectivity index (χ1v) is 11.2. The molecule has 0 spiro atoms. The highest BCUT2D eigenvalue weighted by Gasteiger charge is 2.19. The second-order valence-corrected chi connectivity index (χ2v) is 8.83. The quantitative estimate of drug-likeness (QED) is 0.439. The second kappa shape index (κ2) is 8.79. The minimum absolute atomic E-state index is 0.0796. The molecule has 0 unspecified atom stereocenters. The molecule has 0 saturated carbocycles. The topological polar surface area (TPSA) is 97.7 Å². The molecule has 0 saturated heterocycles. The van der Waals surface area contributed by atoms with Gasteiger partial charge in [-0.05, 0) is 48.4 Å². The first kappa shape index (κ1) is 20.9. The minimum Gasteiger partial charge on any atom is -0.276 e. The standard InChI is InChI=1S/C22H18ClN5O2S/c1-15-20(16-7-10-25-18(11-16)12-17-8-9-24-14-27-17)13-26-22(23)21(15)28-31(29,30)19-5-3-2-4-6-19/h2-11,13-14,28H,12H2,1H3. The summed E-state index contributed by atoms with van der Waals surface area (Å²) in [6.45, 7) is 1.80. The molecule has 0 fully saturated rings. The smallest absolute Gasteiger partial charge is 0.262 e. The van der Waals surface area contributed by atoms with Gasteiger partial charge in [-0.15, -0.1) is 0 Å². The average molecular weight is 452 g/mol. The van der Waals surface area contributed by atoms with Crippen LogP contribution < -0.4 is 4.72 Å². The summed E-state index contributed by atoms with van der Waals surface area (Å²) in [6.07, 6.45) is 7.06. The van der Waals surface area contributed by atoms with E-state index < -0.39 is 10.0 Å². The molecule has 0 amide bonds. The maximum atomic E-state index is 12.8. The monoisotopic (exact) mass is 451 g/mol. The summed E-state index contributed by atoms with van der Waals surface area (Å²) in [5.41, 5.74) is 4.18. The molecule has 156 valence electrons. The fourth-order valence-electron chi connectivity index (χ4n) is 3.13. The van der Waals surface area contributed by atoms with Crippen molar-refractivity contribution in [3.63, 3.8) is 0 Å². The van der Waals surface area contributed by atoms with Crippen LogP contribution in [0.3, 0.4) is 0 Å². The van der Waals surface area contributed by atoms with Gasteiger partial charge in [0.2, 0.25) is 0 Å². The van der Waals surface area contributed by atoms with Crippen molar-refractivity contribution in [2.75, 3.05) is 4.72 Å². The molecule has 4 aromatic rings. The fourth-order valence-corrected chi connectivity index (χ4v) is 4.57. The van der Waals surface area contributed by atoms with Gasteiger partial charge >= 0.3 is 0 Å². The molecule has 4 rings (SSSR count). The Bertz CT molecular complexity index is 1320. The molecule has 0 aliphatic rings. The van der Waals surface area contributed by atoms with E-state index in [1.165, 1.54) is 18.5 Å². The van der Waals surface area contributed by atoms with Crippen molar-refractivity contribution in [3.8, 4) is 11.1 Å². The van der Waals surface area contributed by atoms with Gasteiger partial charge < -0.3 is 0 Å². The Morgan fingerprint density at radius 2 is 1.77 bits per heavy atom. The zero-order valence-corrected chi connectivity index (χ0v) is 18.1. The molecule has 1 N–H and O–H groups in total. The van der Waals surface area contributed by atoms with Crippen LogP contribution in [-0.2, 0) is 16.4 Å². The zero-order valence-electron chi connectivity index (χ0n) is 16.5. The van der Waals surface area contributed by atoms with Crippen LogP contribution in [0.1, 0.15) is 17.0 Å². The molecule has 3 heterocycles. The third-order valence-electron chi connectivity index (χ3n) is 4.72. The highest BCUT2D eigenvalue weighted by molar-refractivity contribution is 7.92. The predicted octanol–water partition coefficient (Wildman–Crippen LogP) is 4.29. The van der Waals surface area contributed by atoms with E-state index in [9.17, 15) is 8.42 Å². The number of rotatable bonds is 6. The largest absolute Gasteiger partial charge is 0.276 e. The predicted molar refractivity (Wildman–Crippen MR) is 119 cm³/mol. The van der Waals surface area contributed by atoms with Gasteiger partial charge in [0.1, 0.15) is 6.33 Å². The van der Waals surface area contributed by atoms with Crippen LogP contribution in [0.4, 0.5) is 5.69 Å². The van der Waals surface area contributed by atoms with E-state index in [4.69, 9.17) is 11.6 Å². The first-order chi connectivity index (χ1) is 14.9. The number of nitrogens with zero attached hydrogens (tertiary/aromatic N) is 4. The van der Waals surface area contributed by atoms with E-state index in [0.29, 0.717) is 12.0 Å². The molecule has 9 heteroatoms. The van der Waals surface area contributed by atoms with Crippen molar-refractivity contribution in [1.29, 1.82) is 0 Å². The highest BCUT2D eigenvalue weighted by Crippen LogP contribution is 2.34. The summed E-state index contributed by atoms with van der Waals surface area (Å²) >= 11 is 6.26. The van der Waals surface area contributed by atoms with E-state index >= 15 is 0 Å². The van der Waals surface area contributed by atoms with Crippen molar-refractivity contribution >= 4 is 27.3 Å². The van der Waals surface area contributed by atoms with Crippen molar-refractivity contribution < 1.29 is 8.42 Å². The van der Waals surface area contributed by atoms with Crippen molar-refractivity contribution in [3.05, 3.63) is 95.6 Å². The maximum Gasteiger partial charge on any atom is 0.262 e.